The Hall–Kier alpha value is -2.33. The predicted octanol–water partition coefficient (Wildman–Crippen LogP) is 5.49. The smallest absolute Gasteiger partial charge is 0.195 e. The fraction of sp³-hybridized carbons (Fsp3) is 0.286. The Kier molecular flexibility index (Phi) is 3.52. The first kappa shape index (κ1) is 15.0. The molecule has 0 unspecified atom stereocenters. The third-order valence-electron chi connectivity index (χ3n) is 5.02. The fourth-order valence-corrected chi connectivity index (χ4v) is 4.81. The van der Waals surface area contributed by atoms with Gasteiger partial charge >= 0.3 is 0 Å². The molecule has 126 valence electrons. The van der Waals surface area contributed by atoms with Crippen LogP contribution >= 0.6 is 11.3 Å². The van der Waals surface area contributed by atoms with Gasteiger partial charge in [-0.25, -0.2) is 4.98 Å². The molecule has 0 saturated carbocycles. The number of nitrogens with zero attached hydrogens (tertiary/aromatic N) is 2. The summed E-state index contributed by atoms with van der Waals surface area (Å²) in [6.07, 6.45) is 7.22. The molecule has 0 spiro atoms. The van der Waals surface area contributed by atoms with Crippen LogP contribution in [0.4, 0.5) is 0 Å². The molecule has 0 N–H and O–H groups in total. The summed E-state index contributed by atoms with van der Waals surface area (Å²) in [4.78, 5) is 5.92. The number of benzene rings is 2. The first-order valence-electron chi connectivity index (χ1n) is 8.98. The average Bonchev–Trinajstić information content (AvgIpc) is 3.19. The van der Waals surface area contributed by atoms with Gasteiger partial charge in [0.25, 0.3) is 0 Å². The maximum Gasteiger partial charge on any atom is 0.195 e. The summed E-state index contributed by atoms with van der Waals surface area (Å²) >= 11 is 1.72. The number of aromatic nitrogens is 2. The molecule has 0 atom stereocenters. The molecule has 4 aromatic rings. The van der Waals surface area contributed by atoms with Crippen molar-refractivity contribution in [1.29, 1.82) is 0 Å². The number of imidazole rings is 1. The number of ether oxygens (including phenoxy) is 1. The van der Waals surface area contributed by atoms with E-state index in [1.807, 2.05) is 13.0 Å². The summed E-state index contributed by atoms with van der Waals surface area (Å²) in [7, 11) is 0. The van der Waals surface area contributed by atoms with Crippen molar-refractivity contribution in [3.63, 3.8) is 0 Å². The topological polar surface area (TPSA) is 26.5 Å². The van der Waals surface area contributed by atoms with Crippen LogP contribution in [-0.2, 0) is 12.8 Å². The zero-order valence-corrected chi connectivity index (χ0v) is 15.1. The molecule has 2 aromatic carbocycles. The van der Waals surface area contributed by atoms with E-state index in [0.29, 0.717) is 6.61 Å². The van der Waals surface area contributed by atoms with Crippen molar-refractivity contribution in [3.05, 3.63) is 53.7 Å². The van der Waals surface area contributed by atoms with Crippen molar-refractivity contribution in [2.24, 2.45) is 0 Å². The van der Waals surface area contributed by atoms with Crippen LogP contribution < -0.4 is 4.74 Å². The minimum Gasteiger partial charge on any atom is -0.494 e. The summed E-state index contributed by atoms with van der Waals surface area (Å²) in [6.45, 7) is 2.70. The molecule has 2 aromatic heterocycles. The molecule has 0 bridgehead atoms. The Bertz CT molecular complexity index is 1080. The van der Waals surface area contributed by atoms with Crippen molar-refractivity contribution in [2.75, 3.05) is 6.61 Å². The van der Waals surface area contributed by atoms with Crippen LogP contribution in [0.3, 0.4) is 0 Å². The van der Waals surface area contributed by atoms with E-state index in [9.17, 15) is 0 Å². The molecule has 1 aliphatic rings. The predicted molar refractivity (Wildman–Crippen MR) is 104 cm³/mol. The zero-order chi connectivity index (χ0) is 16.8. The van der Waals surface area contributed by atoms with Gasteiger partial charge in [-0.1, -0.05) is 23.5 Å². The fourth-order valence-electron chi connectivity index (χ4n) is 3.77. The van der Waals surface area contributed by atoms with Crippen molar-refractivity contribution in [3.8, 4) is 17.0 Å². The maximum atomic E-state index is 5.61. The molecule has 1 aliphatic carbocycles. The normalized spacial score (nSPS) is 14.1. The minimum atomic E-state index is 0.691. The third-order valence-corrected chi connectivity index (χ3v) is 6.04. The minimum absolute atomic E-state index is 0.691. The van der Waals surface area contributed by atoms with E-state index in [1.54, 1.807) is 11.3 Å². The second-order valence-corrected chi connectivity index (χ2v) is 7.64. The molecule has 0 amide bonds. The van der Waals surface area contributed by atoms with E-state index in [4.69, 9.17) is 9.72 Å². The van der Waals surface area contributed by atoms with Crippen LogP contribution in [0.5, 0.6) is 5.75 Å². The van der Waals surface area contributed by atoms with Gasteiger partial charge in [-0.2, -0.15) is 0 Å². The van der Waals surface area contributed by atoms with Gasteiger partial charge in [-0.15, -0.1) is 0 Å². The summed E-state index contributed by atoms with van der Waals surface area (Å²) in [6, 6.07) is 13.1. The van der Waals surface area contributed by atoms with E-state index >= 15 is 0 Å². The van der Waals surface area contributed by atoms with Gasteiger partial charge in [0.15, 0.2) is 4.96 Å². The van der Waals surface area contributed by atoms with Crippen molar-refractivity contribution >= 4 is 26.5 Å². The molecule has 4 heteroatoms. The molecule has 5 rings (SSSR count). The second-order valence-electron chi connectivity index (χ2n) is 6.63. The van der Waals surface area contributed by atoms with Gasteiger partial charge in [0.1, 0.15) is 5.75 Å². The van der Waals surface area contributed by atoms with Gasteiger partial charge < -0.3 is 4.74 Å². The third kappa shape index (κ3) is 2.52. The highest BCUT2D eigenvalue weighted by Crippen LogP contribution is 2.33. The molecular weight excluding hydrogens is 328 g/mol. The lowest BCUT2D eigenvalue weighted by Gasteiger charge is -2.15. The van der Waals surface area contributed by atoms with Crippen LogP contribution in [0.1, 0.15) is 30.9 Å². The van der Waals surface area contributed by atoms with Crippen LogP contribution in [0, 0.1) is 0 Å². The number of rotatable bonds is 3. The first-order chi connectivity index (χ1) is 12.3. The lowest BCUT2D eigenvalue weighted by molar-refractivity contribution is 0.341. The largest absolute Gasteiger partial charge is 0.494 e. The second kappa shape index (κ2) is 5.88. The van der Waals surface area contributed by atoms with Gasteiger partial charge in [-0.3, -0.25) is 4.40 Å². The summed E-state index contributed by atoms with van der Waals surface area (Å²) in [5, 5.41) is 0. The molecule has 2 heterocycles. The first-order valence-corrected chi connectivity index (χ1v) is 9.80. The number of aryl methyl sites for hydroxylation is 2. The standard InChI is InChI=1S/C21H20N2OS/c1-2-24-17-9-10-19-20(12-17)25-21-22-18(13-23(19)21)16-8-7-14-5-3-4-6-15(14)11-16/h7-13H,2-6H2,1H3. The van der Waals surface area contributed by atoms with Gasteiger partial charge in [0, 0.05) is 11.8 Å². The highest BCUT2D eigenvalue weighted by molar-refractivity contribution is 7.23. The number of thiazole rings is 1. The van der Waals surface area contributed by atoms with Crippen molar-refractivity contribution in [1.82, 2.24) is 9.38 Å². The maximum absolute atomic E-state index is 5.61. The zero-order valence-electron chi connectivity index (χ0n) is 14.3. The Morgan fingerprint density at radius 1 is 1.08 bits per heavy atom. The Balaban J connectivity index is 1.58. The van der Waals surface area contributed by atoms with Crippen molar-refractivity contribution < 1.29 is 4.74 Å². The Morgan fingerprint density at radius 2 is 1.96 bits per heavy atom. The number of hydrogen-bond acceptors (Lipinski definition) is 3. The van der Waals surface area contributed by atoms with Crippen LogP contribution in [0.25, 0.3) is 26.4 Å². The molecule has 0 radical (unpaired) electrons. The number of hydrogen-bond donors (Lipinski definition) is 0. The van der Waals surface area contributed by atoms with E-state index in [-0.39, 0.29) is 0 Å². The molecule has 0 saturated heterocycles. The summed E-state index contributed by atoms with van der Waals surface area (Å²) in [5.41, 5.74) is 6.52. The molecule has 25 heavy (non-hydrogen) atoms. The van der Waals surface area contributed by atoms with Crippen molar-refractivity contribution in [2.45, 2.75) is 32.6 Å². The summed E-state index contributed by atoms with van der Waals surface area (Å²) in [5.74, 6) is 0.925. The quantitative estimate of drug-likeness (QED) is 0.489. The van der Waals surface area contributed by atoms with E-state index in [0.717, 1.165) is 16.4 Å². The van der Waals surface area contributed by atoms with Crippen LogP contribution in [-0.4, -0.2) is 16.0 Å². The monoisotopic (exact) mass is 348 g/mol. The van der Waals surface area contributed by atoms with E-state index in [1.165, 1.54) is 52.6 Å². The Morgan fingerprint density at radius 3 is 2.84 bits per heavy atom. The molecule has 3 nitrogen and oxygen atoms in total. The van der Waals surface area contributed by atoms with Gasteiger partial charge in [0.05, 0.1) is 22.5 Å². The van der Waals surface area contributed by atoms with Crippen LogP contribution in [0.15, 0.2) is 42.6 Å². The lowest BCUT2D eigenvalue weighted by atomic mass is 9.90. The Labute approximate surface area is 150 Å². The average molecular weight is 348 g/mol. The molecule has 0 fully saturated rings. The van der Waals surface area contributed by atoms with Gasteiger partial charge in [-0.05, 0) is 68.0 Å². The highest BCUT2D eigenvalue weighted by atomic mass is 32.1. The van der Waals surface area contributed by atoms with E-state index < -0.39 is 0 Å². The summed E-state index contributed by atoms with van der Waals surface area (Å²) < 4.78 is 9.02. The highest BCUT2D eigenvalue weighted by Gasteiger charge is 2.14. The van der Waals surface area contributed by atoms with Crippen LogP contribution in [0.2, 0.25) is 0 Å². The van der Waals surface area contributed by atoms with E-state index in [2.05, 4.69) is 40.9 Å². The molecular formula is C21H20N2OS. The molecule has 0 aliphatic heterocycles. The number of fused-ring (bicyclic) bond motifs is 4. The van der Waals surface area contributed by atoms with Gasteiger partial charge in [0.2, 0.25) is 0 Å². The lowest BCUT2D eigenvalue weighted by Crippen LogP contribution is -2.02. The SMILES string of the molecule is CCOc1ccc2c(c1)sc1nc(-c3ccc4c(c3)CCCC4)cn12.